The fraction of sp³-hybridized carbons (Fsp3) is 0. The molecule has 0 unspecified atom stereocenters. The van der Waals surface area contributed by atoms with E-state index in [1.807, 2.05) is 0 Å². The number of rotatable bonds is 0. The summed E-state index contributed by atoms with van der Waals surface area (Å²) in [7, 11) is 5.03. The zero-order valence-corrected chi connectivity index (χ0v) is 6.63. The average molecular weight is 260 g/mol. The molecule has 0 saturated heterocycles. The first-order chi connectivity index (χ1) is 1.41. The first-order valence-electron chi connectivity index (χ1n) is 0.286. The minimum atomic E-state index is -0.125. The normalized spacial score (nSPS) is 5.50. The van der Waals surface area contributed by atoms with Crippen LogP contribution in [0.5, 0.6) is 0 Å². The molecule has 4 heavy (non-hydrogen) atoms. The molecule has 0 amide bonds. The van der Waals surface area contributed by atoms with Gasteiger partial charge in [-0.05, 0) is 0 Å². The molecule has 0 aliphatic rings. The molecule has 0 aromatic carbocycles. The van der Waals surface area contributed by atoms with Gasteiger partial charge in [-0.2, -0.15) is 0 Å². The maximum atomic E-state index is 5.03. The topological polar surface area (TPSA) is 36.5 Å². The van der Waals surface area contributed by atoms with Crippen molar-refractivity contribution in [1.29, 1.82) is 0 Å². The van der Waals surface area contributed by atoms with Gasteiger partial charge >= 0.3 is 39.5 Å². The van der Waals surface area contributed by atoms with Gasteiger partial charge in [0, 0.05) is 0 Å². The Balaban J connectivity index is 0. The largest absolute Gasteiger partial charge is 0.369 e. The van der Waals surface area contributed by atoms with Gasteiger partial charge in [-0.25, -0.2) is 0 Å². The Labute approximate surface area is 45.4 Å². The molecule has 0 spiro atoms. The van der Waals surface area contributed by atoms with Crippen molar-refractivity contribution >= 4 is 21.6 Å². The molecule has 0 aliphatic carbocycles. The van der Waals surface area contributed by atoms with Crippen molar-refractivity contribution in [1.82, 2.24) is 6.15 Å². The molecule has 0 bridgehead atoms. The van der Waals surface area contributed by atoms with Crippen LogP contribution < -0.4 is 24.0 Å². The van der Waals surface area contributed by atoms with E-state index in [2.05, 4.69) is 12.7 Å². The summed E-state index contributed by atoms with van der Waals surface area (Å²) in [4.78, 5) is 0. The third kappa shape index (κ3) is 9.82. The zero-order valence-electron chi connectivity index (χ0n) is 2.13. The van der Waals surface area contributed by atoms with Crippen LogP contribution in [-0.4, -0.2) is 0 Å². The Bertz CT molecular complexity index is 8.00. The third-order valence-electron chi connectivity index (χ3n) is 0. The maximum Gasteiger partial charge on any atom is -0.369 e. The second kappa shape index (κ2) is 8.82. The van der Waals surface area contributed by atoms with E-state index in [4.69, 9.17) is 8.91 Å². The summed E-state index contributed by atoms with van der Waals surface area (Å²) in [5.41, 5.74) is 0. The first-order valence-corrected chi connectivity index (χ1v) is 7.85. The van der Waals surface area contributed by atoms with Crippen LogP contribution in [0.15, 0.2) is 0 Å². The Kier molecular flexibility index (Phi) is 20.0. The van der Waals surface area contributed by atoms with Crippen LogP contribution in [0.4, 0.5) is 0 Å². The van der Waals surface area contributed by atoms with E-state index in [0.717, 1.165) is 0 Å². The molecule has 0 aromatic heterocycles. The van der Waals surface area contributed by atoms with E-state index in [1.165, 1.54) is 0 Å². The van der Waals surface area contributed by atoms with Crippen molar-refractivity contribution in [2.45, 2.75) is 0 Å². The summed E-state index contributed by atoms with van der Waals surface area (Å²) in [6.07, 6.45) is 0. The Hall–Kier alpha value is 1.46. The molecule has 0 heterocycles. The number of quaternary nitrogens is 1. The zero-order chi connectivity index (χ0) is 2.71. The molecule has 0 aliphatic heterocycles. The van der Waals surface area contributed by atoms with Crippen LogP contribution in [0.25, 0.3) is 0 Å². The molecule has 0 radical (unpaired) electrons. The summed E-state index contributed by atoms with van der Waals surface area (Å²) in [6, 6.07) is 0. The molecule has 30 valence electrons. The second-order valence-electron chi connectivity index (χ2n) is 0.0540. The molecular formula is H4BrClIN. The second-order valence-corrected chi connectivity index (χ2v) is 5.65. The van der Waals surface area contributed by atoms with E-state index in [0.29, 0.717) is 0 Å². The van der Waals surface area contributed by atoms with Crippen LogP contribution in [0.2, 0.25) is 0 Å². The smallest absolute Gasteiger partial charge is 0.369 e. The van der Waals surface area contributed by atoms with Crippen LogP contribution in [0.3, 0.4) is 0 Å². The van der Waals surface area contributed by atoms with Crippen molar-refractivity contribution in [2.75, 3.05) is 0 Å². The number of hydrogen-bond acceptors (Lipinski definition) is 0. The van der Waals surface area contributed by atoms with E-state index in [9.17, 15) is 0 Å². The van der Waals surface area contributed by atoms with E-state index in [1.54, 1.807) is 0 Å². The van der Waals surface area contributed by atoms with Crippen molar-refractivity contribution in [3.63, 3.8) is 0 Å². The minimum absolute atomic E-state index is 0. The van der Waals surface area contributed by atoms with Gasteiger partial charge in [-0.15, -0.1) is 0 Å². The fourth-order valence-electron chi connectivity index (χ4n) is 0. The monoisotopic (exact) mass is 259 g/mol. The number of hydrogen-bond donors (Lipinski definition) is 1. The van der Waals surface area contributed by atoms with Gasteiger partial charge < -0.3 is 6.15 Å². The predicted octanol–water partition coefficient (Wildman–Crippen LogP) is -1.08. The van der Waals surface area contributed by atoms with Gasteiger partial charge in [0.05, 0.1) is 0 Å². The maximum absolute atomic E-state index is 5.03. The summed E-state index contributed by atoms with van der Waals surface area (Å²) in [5, 5.41) is 0. The van der Waals surface area contributed by atoms with Crippen molar-refractivity contribution < 1.29 is 17.9 Å². The molecule has 4 heteroatoms. The first kappa shape index (κ1) is 9.07. The number of halogens is 3. The molecule has 0 rings (SSSR count). The molecule has 0 atom stereocenters. The van der Waals surface area contributed by atoms with Gasteiger partial charge in [0.1, 0.15) is 0 Å². The van der Waals surface area contributed by atoms with Gasteiger partial charge in [-0.1, -0.05) is 0 Å². The molecule has 0 aromatic rings. The molecule has 4 N–H and O–H groups in total. The third-order valence-corrected chi connectivity index (χ3v) is 0. The van der Waals surface area contributed by atoms with Gasteiger partial charge in [-0.3, -0.25) is 0 Å². The van der Waals surface area contributed by atoms with Gasteiger partial charge in [0.2, 0.25) is 0 Å². The summed E-state index contributed by atoms with van der Waals surface area (Å²) in [6.45, 7) is 0. The quantitative estimate of drug-likeness (QED) is 0.538. The molecule has 0 saturated carbocycles. The van der Waals surface area contributed by atoms with E-state index in [-0.39, 0.29) is 24.0 Å². The van der Waals surface area contributed by atoms with Crippen molar-refractivity contribution in [3.8, 4) is 0 Å². The summed E-state index contributed by atoms with van der Waals surface area (Å²) in [5.74, 6) is 0. The van der Waals surface area contributed by atoms with Crippen molar-refractivity contribution in [3.05, 3.63) is 0 Å². The van der Waals surface area contributed by atoms with E-state index < -0.39 is 0 Å². The Morgan fingerprint density at radius 3 is 1.75 bits per heavy atom. The average Bonchev–Trinajstić information content (AvgIpc) is 0.918. The molecular weight excluding hydrogens is 256 g/mol. The van der Waals surface area contributed by atoms with E-state index >= 15 is 0 Å². The van der Waals surface area contributed by atoms with Crippen LogP contribution in [-0.2, 0) is 0 Å². The molecule has 1 nitrogen and oxygen atoms in total. The van der Waals surface area contributed by atoms with Gasteiger partial charge in [0.25, 0.3) is 0 Å². The molecule has 0 fully saturated rings. The summed E-state index contributed by atoms with van der Waals surface area (Å²) < 4.78 is 0. The minimum Gasteiger partial charge on any atom is -0.369 e. The van der Waals surface area contributed by atoms with Crippen LogP contribution in [0, 0.1) is 0 Å². The standard InChI is InChI=1S/BrClI.H3N/c1-3-2;/h;1H3/q-1;/p+1. The summed E-state index contributed by atoms with van der Waals surface area (Å²) >= 11 is 2.90. The van der Waals surface area contributed by atoms with Crippen molar-refractivity contribution in [2.24, 2.45) is 0 Å². The Morgan fingerprint density at radius 1 is 1.75 bits per heavy atom. The van der Waals surface area contributed by atoms with Crippen LogP contribution in [0.1, 0.15) is 0 Å². The fourth-order valence-corrected chi connectivity index (χ4v) is 0. The van der Waals surface area contributed by atoms with Gasteiger partial charge in [0.15, 0.2) is 0 Å². The Morgan fingerprint density at radius 2 is 1.75 bits per heavy atom. The van der Waals surface area contributed by atoms with Crippen LogP contribution >= 0.6 is 21.6 Å². The predicted molar refractivity (Wildman–Crippen MR) is 20.8 cm³/mol. The SMILES string of the molecule is Cl[I-]Br.[NH4+].